The Morgan fingerprint density at radius 1 is 1.25 bits per heavy atom. The van der Waals surface area contributed by atoms with Crippen molar-refractivity contribution >= 4 is 24.0 Å². The minimum atomic E-state index is -1.30. The second kappa shape index (κ2) is 9.78. The van der Waals surface area contributed by atoms with E-state index in [-0.39, 0.29) is 18.1 Å². The van der Waals surface area contributed by atoms with Gasteiger partial charge in [-0.05, 0) is 47.9 Å². The van der Waals surface area contributed by atoms with Crippen molar-refractivity contribution in [1.82, 2.24) is 10.2 Å². The Hall–Kier alpha value is -4.14. The molecule has 0 bridgehead atoms. The molecule has 3 amide bonds. The summed E-state index contributed by atoms with van der Waals surface area (Å²) >= 11 is 0. The molecule has 1 heterocycles. The van der Waals surface area contributed by atoms with Crippen LogP contribution >= 0.6 is 0 Å². The SMILES string of the molecule is C=CCc1cc(C=C2NC(=O)N(CC(=O)O)C2=O)cc(OC)c1OCc1ccc(F)cc1. The lowest BCUT2D eigenvalue weighted by molar-refractivity contribution is -0.140. The van der Waals surface area contributed by atoms with Crippen LogP contribution in [0.3, 0.4) is 0 Å². The zero-order chi connectivity index (χ0) is 23.3. The van der Waals surface area contributed by atoms with Crippen LogP contribution in [0.15, 0.2) is 54.8 Å². The fourth-order valence-corrected chi connectivity index (χ4v) is 3.14. The van der Waals surface area contributed by atoms with E-state index in [0.717, 1.165) is 5.56 Å². The maximum Gasteiger partial charge on any atom is 0.329 e. The molecule has 0 aliphatic carbocycles. The highest BCUT2D eigenvalue weighted by molar-refractivity contribution is 6.15. The summed E-state index contributed by atoms with van der Waals surface area (Å²) in [5.74, 6) is -1.53. The van der Waals surface area contributed by atoms with E-state index >= 15 is 0 Å². The average Bonchev–Trinajstić information content (AvgIpc) is 3.01. The van der Waals surface area contributed by atoms with E-state index in [1.54, 1.807) is 30.3 Å². The van der Waals surface area contributed by atoms with Gasteiger partial charge in [-0.2, -0.15) is 0 Å². The molecule has 32 heavy (non-hydrogen) atoms. The number of urea groups is 1. The summed E-state index contributed by atoms with van der Waals surface area (Å²) < 4.78 is 24.5. The van der Waals surface area contributed by atoms with Crippen molar-refractivity contribution in [3.63, 3.8) is 0 Å². The lowest BCUT2D eigenvalue weighted by atomic mass is 10.0. The quantitative estimate of drug-likeness (QED) is 0.353. The molecule has 2 aromatic rings. The fourth-order valence-electron chi connectivity index (χ4n) is 3.14. The molecule has 0 spiro atoms. The van der Waals surface area contributed by atoms with E-state index in [4.69, 9.17) is 14.6 Å². The van der Waals surface area contributed by atoms with Gasteiger partial charge in [-0.15, -0.1) is 6.58 Å². The van der Waals surface area contributed by atoms with E-state index in [1.807, 2.05) is 0 Å². The molecule has 0 radical (unpaired) electrons. The monoisotopic (exact) mass is 440 g/mol. The molecule has 1 aliphatic heterocycles. The number of carboxylic acids is 1. The summed E-state index contributed by atoms with van der Waals surface area (Å²) in [7, 11) is 1.46. The van der Waals surface area contributed by atoms with Crippen molar-refractivity contribution in [2.75, 3.05) is 13.7 Å². The lowest BCUT2D eigenvalue weighted by Gasteiger charge is -2.16. The summed E-state index contributed by atoms with van der Waals surface area (Å²) in [5.41, 5.74) is 1.96. The zero-order valence-electron chi connectivity index (χ0n) is 17.3. The number of hydrogen-bond acceptors (Lipinski definition) is 5. The number of carboxylic acid groups (broad SMARTS) is 1. The standard InChI is InChI=1S/C23H21FN2O6/c1-3-4-16-9-15(10-18-22(29)26(12-20(27)28)23(30)25-18)11-19(31-2)21(16)32-13-14-5-7-17(24)8-6-14/h3,5-11H,1,4,12-13H2,2H3,(H,25,30)(H,27,28). The number of methoxy groups -OCH3 is 1. The van der Waals surface area contributed by atoms with Crippen LogP contribution in [0.1, 0.15) is 16.7 Å². The fraction of sp³-hybridized carbons (Fsp3) is 0.174. The summed E-state index contributed by atoms with van der Waals surface area (Å²) in [4.78, 5) is 35.8. The molecule has 2 aromatic carbocycles. The number of aliphatic carboxylic acids is 1. The number of nitrogens with zero attached hydrogens (tertiary/aromatic N) is 1. The van der Waals surface area contributed by atoms with Crippen LogP contribution in [0.2, 0.25) is 0 Å². The average molecular weight is 440 g/mol. The van der Waals surface area contributed by atoms with E-state index in [1.165, 1.54) is 25.3 Å². The third-order valence-corrected chi connectivity index (χ3v) is 4.60. The molecular formula is C23H21FN2O6. The van der Waals surface area contributed by atoms with Crippen molar-refractivity contribution in [2.45, 2.75) is 13.0 Å². The van der Waals surface area contributed by atoms with Crippen molar-refractivity contribution in [2.24, 2.45) is 0 Å². The molecule has 0 atom stereocenters. The second-order valence-electron chi connectivity index (χ2n) is 6.89. The van der Waals surface area contributed by atoms with Gasteiger partial charge in [0.25, 0.3) is 5.91 Å². The van der Waals surface area contributed by atoms with Gasteiger partial charge in [-0.3, -0.25) is 9.59 Å². The predicted octanol–water partition coefficient (Wildman–Crippen LogP) is 3.12. The first-order chi connectivity index (χ1) is 15.3. The topological polar surface area (TPSA) is 105 Å². The third-order valence-electron chi connectivity index (χ3n) is 4.60. The number of imide groups is 1. The molecule has 1 saturated heterocycles. The van der Waals surface area contributed by atoms with Gasteiger partial charge < -0.3 is 19.9 Å². The highest BCUT2D eigenvalue weighted by atomic mass is 19.1. The number of ether oxygens (including phenoxy) is 2. The van der Waals surface area contributed by atoms with E-state index in [0.29, 0.717) is 33.9 Å². The van der Waals surface area contributed by atoms with Gasteiger partial charge in [0.05, 0.1) is 7.11 Å². The number of nitrogens with one attached hydrogen (secondary N) is 1. The molecule has 8 nitrogen and oxygen atoms in total. The normalized spacial score (nSPS) is 14.4. The van der Waals surface area contributed by atoms with Crippen LogP contribution in [0.25, 0.3) is 6.08 Å². The summed E-state index contributed by atoms with van der Waals surface area (Å²) in [6.07, 6.45) is 3.53. The number of rotatable bonds is 9. The van der Waals surface area contributed by atoms with Crippen molar-refractivity contribution in [1.29, 1.82) is 0 Å². The van der Waals surface area contributed by atoms with E-state index in [2.05, 4.69) is 11.9 Å². The Labute approximate surface area is 183 Å². The summed E-state index contributed by atoms with van der Waals surface area (Å²) in [6, 6.07) is 8.49. The highest BCUT2D eigenvalue weighted by Gasteiger charge is 2.34. The summed E-state index contributed by atoms with van der Waals surface area (Å²) in [6.45, 7) is 3.19. The number of benzene rings is 2. The molecule has 0 unspecified atom stereocenters. The van der Waals surface area contributed by atoms with Crippen LogP contribution in [-0.4, -0.2) is 41.6 Å². The number of allylic oxidation sites excluding steroid dienone is 1. The van der Waals surface area contributed by atoms with Gasteiger partial charge in [0.15, 0.2) is 11.5 Å². The maximum absolute atomic E-state index is 13.1. The lowest BCUT2D eigenvalue weighted by Crippen LogP contribution is -2.35. The van der Waals surface area contributed by atoms with Gasteiger partial charge >= 0.3 is 12.0 Å². The zero-order valence-corrected chi connectivity index (χ0v) is 17.3. The minimum absolute atomic E-state index is 0.0529. The Bertz CT molecular complexity index is 1090. The van der Waals surface area contributed by atoms with Gasteiger partial charge in [-0.1, -0.05) is 18.2 Å². The summed E-state index contributed by atoms with van der Waals surface area (Å²) in [5, 5.41) is 11.2. The molecular weight excluding hydrogens is 419 g/mol. The van der Waals surface area contributed by atoms with E-state index in [9.17, 15) is 18.8 Å². The number of carbonyl (C=O) groups excluding carboxylic acids is 2. The molecule has 3 rings (SSSR count). The maximum atomic E-state index is 13.1. The third kappa shape index (κ3) is 5.12. The first-order valence-electron chi connectivity index (χ1n) is 9.57. The Morgan fingerprint density at radius 3 is 2.59 bits per heavy atom. The van der Waals surface area contributed by atoms with Crippen LogP contribution in [0.5, 0.6) is 11.5 Å². The number of amides is 3. The number of halogens is 1. The van der Waals surface area contributed by atoms with Crippen LogP contribution in [-0.2, 0) is 22.6 Å². The predicted molar refractivity (Wildman–Crippen MR) is 113 cm³/mol. The van der Waals surface area contributed by atoms with E-state index < -0.39 is 24.5 Å². The van der Waals surface area contributed by atoms with Gasteiger partial charge in [0.2, 0.25) is 0 Å². The van der Waals surface area contributed by atoms with Gasteiger partial charge in [0, 0.05) is 5.56 Å². The Kier molecular flexibility index (Phi) is 6.89. The van der Waals surface area contributed by atoms with Crippen molar-refractivity contribution in [3.8, 4) is 11.5 Å². The molecule has 1 fully saturated rings. The van der Waals surface area contributed by atoms with Crippen molar-refractivity contribution in [3.05, 3.63) is 77.3 Å². The number of carbonyl (C=O) groups is 3. The number of hydrogen-bond donors (Lipinski definition) is 2. The largest absolute Gasteiger partial charge is 0.493 e. The smallest absolute Gasteiger partial charge is 0.329 e. The van der Waals surface area contributed by atoms with Crippen molar-refractivity contribution < 1.29 is 33.4 Å². The minimum Gasteiger partial charge on any atom is -0.493 e. The molecule has 0 saturated carbocycles. The first-order valence-corrected chi connectivity index (χ1v) is 9.57. The molecule has 9 heteroatoms. The highest BCUT2D eigenvalue weighted by Crippen LogP contribution is 2.35. The first kappa shape index (κ1) is 22.5. The molecule has 0 aromatic heterocycles. The Balaban J connectivity index is 1.90. The van der Waals surface area contributed by atoms with Gasteiger partial charge in [-0.25, -0.2) is 14.1 Å². The molecule has 166 valence electrons. The van der Waals surface area contributed by atoms with Crippen LogP contribution in [0.4, 0.5) is 9.18 Å². The Morgan fingerprint density at radius 2 is 1.97 bits per heavy atom. The van der Waals surface area contributed by atoms with Gasteiger partial charge in [0.1, 0.15) is 24.7 Å². The molecule has 1 aliphatic rings. The van der Waals surface area contributed by atoms with Crippen LogP contribution in [0, 0.1) is 5.82 Å². The second-order valence-corrected chi connectivity index (χ2v) is 6.89. The molecule has 2 N–H and O–H groups in total. The van der Waals surface area contributed by atoms with Crippen LogP contribution < -0.4 is 14.8 Å².